The van der Waals surface area contributed by atoms with Crippen molar-refractivity contribution in [3.05, 3.63) is 59.4 Å². The van der Waals surface area contributed by atoms with Crippen molar-refractivity contribution in [1.82, 2.24) is 0 Å². The van der Waals surface area contributed by atoms with Gasteiger partial charge in [-0.1, -0.05) is 57.4 Å². The predicted octanol–water partition coefficient (Wildman–Crippen LogP) is 5.79. The number of unbranched alkanes of at least 4 members (excludes halogenated alkanes) is 2. The molecule has 0 radical (unpaired) electrons. The van der Waals surface area contributed by atoms with E-state index in [0.717, 1.165) is 43.2 Å². The lowest BCUT2D eigenvalue weighted by molar-refractivity contribution is 0.0498. The molecule has 0 aliphatic heterocycles. The first-order chi connectivity index (χ1) is 11.7. The highest BCUT2D eigenvalue weighted by Crippen LogP contribution is 2.24. The molecule has 0 aliphatic carbocycles. The molecule has 0 spiro atoms. The quantitative estimate of drug-likeness (QED) is 0.453. The van der Waals surface area contributed by atoms with Crippen LogP contribution in [-0.2, 0) is 11.2 Å². The largest absolute Gasteiger partial charge is 0.462 e. The topological polar surface area (TPSA) is 26.3 Å². The molecule has 2 aromatic carbocycles. The molecule has 128 valence electrons. The Morgan fingerprint density at radius 1 is 1.00 bits per heavy atom. The van der Waals surface area contributed by atoms with Crippen LogP contribution in [0, 0.1) is 5.82 Å². The summed E-state index contributed by atoms with van der Waals surface area (Å²) >= 11 is 0. The van der Waals surface area contributed by atoms with E-state index < -0.39 is 0 Å². The van der Waals surface area contributed by atoms with Crippen LogP contribution < -0.4 is 0 Å². The van der Waals surface area contributed by atoms with Crippen LogP contribution in [0.1, 0.15) is 55.5 Å². The summed E-state index contributed by atoms with van der Waals surface area (Å²) < 4.78 is 19.5. The molecule has 0 saturated carbocycles. The van der Waals surface area contributed by atoms with Crippen LogP contribution in [0.4, 0.5) is 4.39 Å². The number of halogens is 1. The molecule has 0 saturated heterocycles. The van der Waals surface area contributed by atoms with Gasteiger partial charge in [-0.2, -0.15) is 0 Å². The molecule has 0 amide bonds. The second-order valence-electron chi connectivity index (χ2n) is 5.98. The Bertz CT molecular complexity index is 662. The van der Waals surface area contributed by atoms with E-state index >= 15 is 0 Å². The van der Waals surface area contributed by atoms with E-state index in [-0.39, 0.29) is 11.8 Å². The van der Waals surface area contributed by atoms with E-state index in [0.29, 0.717) is 17.7 Å². The first kappa shape index (κ1) is 18.2. The van der Waals surface area contributed by atoms with Crippen molar-refractivity contribution in [2.45, 2.75) is 46.0 Å². The van der Waals surface area contributed by atoms with Crippen molar-refractivity contribution in [1.29, 1.82) is 0 Å². The number of ether oxygens (including phenoxy) is 1. The Kier molecular flexibility index (Phi) is 6.98. The normalized spacial score (nSPS) is 10.6. The molecule has 2 rings (SSSR count). The Morgan fingerprint density at radius 2 is 1.75 bits per heavy atom. The van der Waals surface area contributed by atoms with E-state index in [9.17, 15) is 9.18 Å². The lowest BCUT2D eigenvalue weighted by atomic mass is 10.0. The van der Waals surface area contributed by atoms with Crippen LogP contribution in [0.2, 0.25) is 0 Å². The van der Waals surface area contributed by atoms with Gasteiger partial charge in [0.1, 0.15) is 5.82 Å². The highest BCUT2D eigenvalue weighted by atomic mass is 19.1. The summed E-state index contributed by atoms with van der Waals surface area (Å²) in [5.41, 5.74) is 2.82. The van der Waals surface area contributed by atoms with Crippen molar-refractivity contribution < 1.29 is 13.9 Å². The van der Waals surface area contributed by atoms with Gasteiger partial charge in [0.25, 0.3) is 0 Å². The average Bonchev–Trinajstić information content (AvgIpc) is 2.59. The number of carbonyl (C=O) groups excluding carboxylic acids is 1. The molecule has 0 unspecified atom stereocenters. The fraction of sp³-hybridized carbons (Fsp3) is 0.381. The number of aryl methyl sites for hydroxylation is 1. The zero-order valence-electron chi connectivity index (χ0n) is 14.5. The minimum Gasteiger partial charge on any atom is -0.462 e. The Hall–Kier alpha value is -2.16. The van der Waals surface area contributed by atoms with Gasteiger partial charge in [-0.05, 0) is 42.2 Å². The van der Waals surface area contributed by atoms with Gasteiger partial charge in [0.2, 0.25) is 0 Å². The van der Waals surface area contributed by atoms with E-state index in [2.05, 4.69) is 13.8 Å². The summed E-state index contributed by atoms with van der Waals surface area (Å²) in [6.45, 7) is 4.63. The maximum atomic E-state index is 14.3. The van der Waals surface area contributed by atoms with Gasteiger partial charge in [0, 0.05) is 5.56 Å². The lowest BCUT2D eigenvalue weighted by Gasteiger charge is -2.08. The number of benzene rings is 2. The summed E-state index contributed by atoms with van der Waals surface area (Å²) in [6.07, 6.45) is 4.90. The zero-order valence-corrected chi connectivity index (χ0v) is 14.5. The molecule has 24 heavy (non-hydrogen) atoms. The maximum Gasteiger partial charge on any atom is 0.338 e. The molecular weight excluding hydrogens is 303 g/mol. The third-order valence-corrected chi connectivity index (χ3v) is 3.98. The van der Waals surface area contributed by atoms with E-state index in [1.54, 1.807) is 36.4 Å². The van der Waals surface area contributed by atoms with E-state index in [4.69, 9.17) is 4.74 Å². The van der Waals surface area contributed by atoms with Crippen molar-refractivity contribution in [3.8, 4) is 11.1 Å². The molecule has 3 heteroatoms. The fourth-order valence-corrected chi connectivity index (χ4v) is 2.62. The summed E-state index contributed by atoms with van der Waals surface area (Å²) in [5, 5.41) is 0. The summed E-state index contributed by atoms with van der Waals surface area (Å²) in [6, 6.07) is 12.3. The SMILES string of the molecule is CCCCCOC(=O)c1ccc(-c2ccc(CCC)cc2F)cc1. The van der Waals surface area contributed by atoms with Crippen LogP contribution in [0.5, 0.6) is 0 Å². The van der Waals surface area contributed by atoms with Crippen molar-refractivity contribution in [3.63, 3.8) is 0 Å². The molecule has 0 bridgehead atoms. The Morgan fingerprint density at radius 3 is 2.38 bits per heavy atom. The van der Waals surface area contributed by atoms with Crippen LogP contribution in [0.3, 0.4) is 0 Å². The summed E-state index contributed by atoms with van der Waals surface area (Å²) in [7, 11) is 0. The second-order valence-corrected chi connectivity index (χ2v) is 5.98. The van der Waals surface area contributed by atoms with Crippen LogP contribution >= 0.6 is 0 Å². The molecular formula is C21H25FO2. The van der Waals surface area contributed by atoms with Gasteiger partial charge in [0.05, 0.1) is 12.2 Å². The monoisotopic (exact) mass is 328 g/mol. The van der Waals surface area contributed by atoms with Crippen LogP contribution in [0.15, 0.2) is 42.5 Å². The lowest BCUT2D eigenvalue weighted by Crippen LogP contribution is -2.06. The van der Waals surface area contributed by atoms with Gasteiger partial charge >= 0.3 is 5.97 Å². The highest BCUT2D eigenvalue weighted by molar-refractivity contribution is 5.90. The average molecular weight is 328 g/mol. The van der Waals surface area contributed by atoms with Crippen molar-refractivity contribution >= 4 is 5.97 Å². The van der Waals surface area contributed by atoms with Gasteiger partial charge in [-0.3, -0.25) is 0 Å². The minimum atomic E-state index is -0.323. The number of carbonyl (C=O) groups is 1. The molecule has 0 aromatic heterocycles. The number of esters is 1. The van der Waals surface area contributed by atoms with Gasteiger partial charge in [-0.25, -0.2) is 9.18 Å². The molecule has 0 fully saturated rings. The molecule has 2 nitrogen and oxygen atoms in total. The third-order valence-electron chi connectivity index (χ3n) is 3.98. The number of rotatable bonds is 8. The first-order valence-electron chi connectivity index (χ1n) is 8.71. The molecule has 0 heterocycles. The minimum absolute atomic E-state index is 0.226. The smallest absolute Gasteiger partial charge is 0.338 e. The predicted molar refractivity (Wildman–Crippen MR) is 95.6 cm³/mol. The standard InChI is InChI=1S/C21H25FO2/c1-3-5-6-14-24-21(23)18-11-9-17(10-12-18)19-13-8-16(7-4-2)15-20(19)22/h8-13,15H,3-7,14H2,1-2H3. The number of hydrogen-bond acceptors (Lipinski definition) is 2. The zero-order chi connectivity index (χ0) is 17.4. The molecule has 2 aromatic rings. The van der Waals surface area contributed by atoms with Crippen molar-refractivity contribution in [2.24, 2.45) is 0 Å². The molecule has 0 atom stereocenters. The highest BCUT2D eigenvalue weighted by Gasteiger charge is 2.10. The van der Waals surface area contributed by atoms with Crippen LogP contribution in [0.25, 0.3) is 11.1 Å². The van der Waals surface area contributed by atoms with Gasteiger partial charge in [-0.15, -0.1) is 0 Å². The second kappa shape index (κ2) is 9.21. The Balaban J connectivity index is 2.05. The van der Waals surface area contributed by atoms with E-state index in [1.807, 2.05) is 6.07 Å². The van der Waals surface area contributed by atoms with Gasteiger partial charge in [0.15, 0.2) is 0 Å². The first-order valence-corrected chi connectivity index (χ1v) is 8.71. The van der Waals surface area contributed by atoms with Crippen LogP contribution in [-0.4, -0.2) is 12.6 Å². The fourth-order valence-electron chi connectivity index (χ4n) is 2.62. The molecule has 0 aliphatic rings. The molecule has 0 N–H and O–H groups in total. The Labute approximate surface area is 143 Å². The van der Waals surface area contributed by atoms with Crippen molar-refractivity contribution in [2.75, 3.05) is 6.61 Å². The summed E-state index contributed by atoms with van der Waals surface area (Å²) in [5.74, 6) is -0.549. The third kappa shape index (κ3) is 4.92. The number of hydrogen-bond donors (Lipinski definition) is 0. The maximum absolute atomic E-state index is 14.3. The summed E-state index contributed by atoms with van der Waals surface area (Å²) in [4.78, 5) is 11.9. The van der Waals surface area contributed by atoms with Gasteiger partial charge < -0.3 is 4.74 Å². The van der Waals surface area contributed by atoms with E-state index in [1.165, 1.54) is 0 Å².